The predicted octanol–water partition coefficient (Wildman–Crippen LogP) is 2.69. The number of hydrogen-bond donors (Lipinski definition) is 1. The van der Waals surface area contributed by atoms with Crippen LogP contribution in [0.15, 0.2) is 39.7 Å². The van der Waals surface area contributed by atoms with E-state index in [1.165, 1.54) is 4.57 Å². The summed E-state index contributed by atoms with van der Waals surface area (Å²) in [5.74, 6) is 0.0328. The van der Waals surface area contributed by atoms with Crippen LogP contribution in [0.5, 0.6) is 5.75 Å². The highest BCUT2D eigenvalue weighted by Crippen LogP contribution is 2.29. The Hall–Kier alpha value is -2.41. The molecular weight excluding hydrogens is 376 g/mol. The first-order valence-corrected chi connectivity index (χ1v) is 8.15. The zero-order valence-electron chi connectivity index (χ0n) is 13.1. The monoisotopic (exact) mass is 390 g/mol. The molecule has 1 aromatic carbocycles. The maximum Gasteiger partial charge on any atom is 0.262 e. The minimum atomic E-state index is -0.674. The lowest BCUT2D eigenvalue weighted by atomic mass is 10.0. The topological polar surface area (TPSA) is 77.4 Å². The van der Waals surface area contributed by atoms with Crippen LogP contribution in [0.2, 0.25) is 0 Å². The van der Waals surface area contributed by atoms with Gasteiger partial charge in [-0.1, -0.05) is 0 Å². The first-order valence-electron chi connectivity index (χ1n) is 7.36. The van der Waals surface area contributed by atoms with Crippen LogP contribution in [0, 0.1) is 6.92 Å². The predicted molar refractivity (Wildman–Crippen MR) is 92.7 cm³/mol. The van der Waals surface area contributed by atoms with Crippen molar-refractivity contribution in [3.05, 3.63) is 56.4 Å². The maximum absolute atomic E-state index is 12.8. The Morgan fingerprint density at radius 2 is 2.08 bits per heavy atom. The smallest absolute Gasteiger partial charge is 0.262 e. The molecule has 0 radical (unpaired) electrons. The largest absolute Gasteiger partial charge is 0.482 e. The third-order valence-electron chi connectivity index (χ3n) is 3.88. The summed E-state index contributed by atoms with van der Waals surface area (Å²) < 4.78 is 7.41. The average molecular weight is 391 g/mol. The number of hydrogen-bond acceptors (Lipinski definition) is 4. The Labute approximate surface area is 146 Å². The minimum Gasteiger partial charge on any atom is -0.482 e. The first-order chi connectivity index (χ1) is 11.4. The Balaban J connectivity index is 1.96. The fourth-order valence-electron chi connectivity index (χ4n) is 2.59. The number of carbonyl (C=O) groups excluding carboxylic acids is 2. The molecule has 124 valence electrons. The number of amides is 1. The summed E-state index contributed by atoms with van der Waals surface area (Å²) in [5.41, 5.74) is 1.20. The van der Waals surface area contributed by atoms with E-state index in [0.717, 1.165) is 4.47 Å². The van der Waals surface area contributed by atoms with Crippen molar-refractivity contribution in [2.24, 2.45) is 0 Å². The van der Waals surface area contributed by atoms with Crippen LogP contribution in [-0.4, -0.2) is 22.9 Å². The van der Waals surface area contributed by atoms with Gasteiger partial charge in [-0.25, -0.2) is 0 Å². The molecule has 0 bridgehead atoms. The molecule has 1 aliphatic rings. The summed E-state index contributed by atoms with van der Waals surface area (Å²) in [6.07, 6.45) is 1.60. The molecule has 3 rings (SSSR count). The van der Waals surface area contributed by atoms with Crippen LogP contribution in [0.1, 0.15) is 28.9 Å². The molecule has 6 nitrogen and oxygen atoms in total. The Morgan fingerprint density at radius 3 is 2.83 bits per heavy atom. The molecule has 0 fully saturated rings. The Morgan fingerprint density at radius 1 is 1.33 bits per heavy atom. The van der Waals surface area contributed by atoms with Crippen LogP contribution in [0.25, 0.3) is 0 Å². The van der Waals surface area contributed by atoms with Gasteiger partial charge < -0.3 is 14.6 Å². The lowest BCUT2D eigenvalue weighted by Gasteiger charge is -2.20. The molecule has 0 spiro atoms. The van der Waals surface area contributed by atoms with E-state index in [1.807, 2.05) is 0 Å². The molecule has 1 aliphatic heterocycles. The summed E-state index contributed by atoms with van der Waals surface area (Å²) in [6, 6.07) is 5.88. The molecule has 0 saturated carbocycles. The van der Waals surface area contributed by atoms with Crippen molar-refractivity contribution in [1.29, 1.82) is 0 Å². The van der Waals surface area contributed by atoms with Crippen molar-refractivity contribution in [2.75, 3.05) is 11.9 Å². The molecule has 1 unspecified atom stereocenters. The summed E-state index contributed by atoms with van der Waals surface area (Å²) in [4.78, 5) is 36.5. The number of carbonyl (C=O) groups is 2. The Bertz CT molecular complexity index is 904. The number of halogens is 1. The highest BCUT2D eigenvalue weighted by molar-refractivity contribution is 9.10. The fourth-order valence-corrected chi connectivity index (χ4v) is 3.16. The van der Waals surface area contributed by atoms with Gasteiger partial charge in [0.2, 0.25) is 0 Å². The van der Waals surface area contributed by atoms with Gasteiger partial charge in [-0.05, 0) is 54.0 Å². The molecule has 1 atom stereocenters. The maximum atomic E-state index is 12.8. The lowest BCUT2D eigenvalue weighted by Crippen LogP contribution is -2.29. The number of fused-ring (bicyclic) bond motifs is 1. The molecule has 2 heterocycles. The Kier molecular flexibility index (Phi) is 4.28. The molecule has 1 amide bonds. The third-order valence-corrected chi connectivity index (χ3v) is 4.32. The number of aryl methyl sites for hydroxylation is 1. The summed E-state index contributed by atoms with van der Waals surface area (Å²) >= 11 is 3.34. The molecule has 1 aromatic heterocycles. The van der Waals surface area contributed by atoms with Crippen molar-refractivity contribution >= 4 is 33.3 Å². The molecule has 0 aliphatic carbocycles. The van der Waals surface area contributed by atoms with Crippen molar-refractivity contribution in [1.82, 2.24) is 4.57 Å². The molecule has 2 aromatic rings. The average Bonchev–Trinajstić information content (AvgIpc) is 2.56. The zero-order valence-corrected chi connectivity index (χ0v) is 14.7. The van der Waals surface area contributed by atoms with E-state index < -0.39 is 6.04 Å². The van der Waals surface area contributed by atoms with Crippen LogP contribution < -0.4 is 15.6 Å². The van der Waals surface area contributed by atoms with Gasteiger partial charge in [0.1, 0.15) is 5.75 Å². The van der Waals surface area contributed by atoms with Crippen molar-refractivity contribution < 1.29 is 14.3 Å². The molecule has 0 saturated heterocycles. The second-order valence-corrected chi connectivity index (χ2v) is 6.56. The fraction of sp³-hybridized carbons (Fsp3) is 0.235. The number of nitrogens with zero attached hydrogens (tertiary/aromatic N) is 1. The highest BCUT2D eigenvalue weighted by atomic mass is 79.9. The molecule has 7 heteroatoms. The molecule has 24 heavy (non-hydrogen) atoms. The van der Waals surface area contributed by atoms with Crippen molar-refractivity contribution in [3.8, 4) is 5.75 Å². The van der Waals surface area contributed by atoms with Crippen LogP contribution in [0.3, 0.4) is 0 Å². The van der Waals surface area contributed by atoms with E-state index in [4.69, 9.17) is 4.74 Å². The van der Waals surface area contributed by atoms with Gasteiger partial charge in [0, 0.05) is 21.8 Å². The second kappa shape index (κ2) is 6.24. The number of ketones is 1. The SMILES string of the molecule is Cc1cc(Br)cn(C(C)C(=O)c2ccc3c(c2)NC(=O)CO3)c1=O. The second-order valence-electron chi connectivity index (χ2n) is 5.64. The van der Waals surface area contributed by atoms with E-state index >= 15 is 0 Å². The first kappa shape index (κ1) is 16.4. The number of rotatable bonds is 3. The zero-order chi connectivity index (χ0) is 17.4. The quantitative estimate of drug-likeness (QED) is 0.817. The lowest BCUT2D eigenvalue weighted by molar-refractivity contribution is -0.118. The number of nitrogens with one attached hydrogen (secondary N) is 1. The van der Waals surface area contributed by atoms with E-state index in [0.29, 0.717) is 22.6 Å². The van der Waals surface area contributed by atoms with E-state index in [9.17, 15) is 14.4 Å². The molecule has 1 N–H and O–H groups in total. The van der Waals surface area contributed by atoms with E-state index in [1.54, 1.807) is 44.3 Å². The van der Waals surface area contributed by atoms with E-state index in [2.05, 4.69) is 21.2 Å². The van der Waals surface area contributed by atoms with Crippen molar-refractivity contribution in [2.45, 2.75) is 19.9 Å². The summed E-state index contributed by atoms with van der Waals surface area (Å²) in [5, 5.41) is 2.67. The van der Waals surface area contributed by atoms with Crippen LogP contribution in [0.4, 0.5) is 5.69 Å². The van der Waals surface area contributed by atoms with Gasteiger partial charge in [0.25, 0.3) is 11.5 Å². The summed E-state index contributed by atoms with van der Waals surface area (Å²) in [7, 11) is 0. The minimum absolute atomic E-state index is 0.0383. The number of aromatic nitrogens is 1. The summed E-state index contributed by atoms with van der Waals surface area (Å²) in [6.45, 7) is 3.33. The van der Waals surface area contributed by atoms with Gasteiger partial charge >= 0.3 is 0 Å². The van der Waals surface area contributed by atoms with Gasteiger partial charge in [0.05, 0.1) is 11.7 Å². The normalized spacial score (nSPS) is 14.4. The molecular formula is C17H15BrN2O4. The van der Waals surface area contributed by atoms with Gasteiger partial charge in [-0.2, -0.15) is 0 Å². The highest BCUT2D eigenvalue weighted by Gasteiger charge is 2.22. The number of Topliss-reactive ketones (excluding diaryl/α,β-unsaturated/α-hetero) is 1. The van der Waals surface area contributed by atoms with Crippen LogP contribution in [-0.2, 0) is 4.79 Å². The third kappa shape index (κ3) is 2.99. The van der Waals surface area contributed by atoms with Gasteiger partial charge in [-0.15, -0.1) is 0 Å². The number of pyridine rings is 1. The van der Waals surface area contributed by atoms with Crippen LogP contribution >= 0.6 is 15.9 Å². The van der Waals surface area contributed by atoms with E-state index in [-0.39, 0.29) is 23.9 Å². The number of anilines is 1. The van der Waals surface area contributed by atoms with Gasteiger partial charge in [0.15, 0.2) is 12.4 Å². The van der Waals surface area contributed by atoms with Crippen molar-refractivity contribution in [3.63, 3.8) is 0 Å². The van der Waals surface area contributed by atoms with Gasteiger partial charge in [-0.3, -0.25) is 14.4 Å². The standard InChI is InChI=1S/C17H15BrN2O4/c1-9-5-12(18)7-20(17(9)23)10(2)16(22)11-3-4-14-13(6-11)19-15(21)8-24-14/h3-7,10H,8H2,1-2H3,(H,19,21). The number of ether oxygens (including phenoxy) is 1. The number of benzene rings is 1.